The molecule has 98 valence electrons. The maximum atomic E-state index is 11.0. The van der Waals surface area contributed by atoms with E-state index in [1.165, 1.54) is 0 Å². The molecule has 0 radical (unpaired) electrons. The first-order valence-electron chi connectivity index (χ1n) is 5.99. The van der Waals surface area contributed by atoms with Crippen LogP contribution in [0, 0.1) is 6.92 Å². The highest BCUT2D eigenvalue weighted by Crippen LogP contribution is 2.19. The number of nitrogens with zero attached hydrogens (tertiary/aromatic N) is 2. The lowest BCUT2D eigenvalue weighted by atomic mass is 10.1. The quantitative estimate of drug-likeness (QED) is 0.806. The van der Waals surface area contributed by atoms with Gasteiger partial charge in [0.1, 0.15) is 5.15 Å². The molecule has 3 N–H and O–H groups in total. The summed E-state index contributed by atoms with van der Waals surface area (Å²) in [7, 11) is 0. The number of carbonyl (C=O) groups is 1. The smallest absolute Gasteiger partial charge is 0.314 e. The molecule has 1 aromatic rings. The van der Waals surface area contributed by atoms with Gasteiger partial charge < -0.3 is 16.0 Å². The standard InChI is InChI=1S/C12H17ClN4O/c1-8-6-10(7-15-11(8)13)16-9-2-4-17(5-3-9)12(14)18/h6-7,9,16H,2-5H2,1H3,(H2,14,18). The van der Waals surface area contributed by atoms with Crippen LogP contribution in [-0.4, -0.2) is 35.0 Å². The van der Waals surface area contributed by atoms with Crippen LogP contribution in [0.15, 0.2) is 12.3 Å². The normalized spacial score (nSPS) is 16.7. The van der Waals surface area contributed by atoms with Crippen molar-refractivity contribution < 1.29 is 4.79 Å². The van der Waals surface area contributed by atoms with Crippen LogP contribution in [0.5, 0.6) is 0 Å². The Hall–Kier alpha value is -1.49. The molecule has 2 heterocycles. The number of aromatic nitrogens is 1. The van der Waals surface area contributed by atoms with E-state index >= 15 is 0 Å². The average Bonchev–Trinajstić information content (AvgIpc) is 2.34. The fraction of sp³-hybridized carbons (Fsp3) is 0.500. The van der Waals surface area contributed by atoms with Crippen LogP contribution in [0.4, 0.5) is 10.5 Å². The summed E-state index contributed by atoms with van der Waals surface area (Å²) in [5.74, 6) is 0. The van der Waals surface area contributed by atoms with Gasteiger partial charge in [0.25, 0.3) is 0 Å². The van der Waals surface area contributed by atoms with Crippen LogP contribution < -0.4 is 11.1 Å². The summed E-state index contributed by atoms with van der Waals surface area (Å²) in [6.45, 7) is 3.33. The van der Waals surface area contributed by atoms with Crippen molar-refractivity contribution in [3.63, 3.8) is 0 Å². The van der Waals surface area contributed by atoms with E-state index in [0.717, 1.165) is 24.1 Å². The number of carbonyl (C=O) groups excluding carboxylic acids is 1. The van der Waals surface area contributed by atoms with Gasteiger partial charge in [-0.3, -0.25) is 0 Å². The lowest BCUT2D eigenvalue weighted by molar-refractivity contribution is 0.193. The van der Waals surface area contributed by atoms with Crippen LogP contribution in [-0.2, 0) is 0 Å². The number of pyridine rings is 1. The first-order valence-corrected chi connectivity index (χ1v) is 6.37. The molecule has 0 aromatic carbocycles. The van der Waals surface area contributed by atoms with E-state index in [-0.39, 0.29) is 6.03 Å². The van der Waals surface area contributed by atoms with E-state index in [2.05, 4.69) is 10.3 Å². The molecular weight excluding hydrogens is 252 g/mol. The fourth-order valence-corrected chi connectivity index (χ4v) is 2.22. The Morgan fingerprint density at radius 3 is 2.78 bits per heavy atom. The molecular formula is C12H17ClN4O. The minimum atomic E-state index is -0.336. The second-order valence-electron chi connectivity index (χ2n) is 4.58. The number of nitrogens with one attached hydrogen (secondary N) is 1. The van der Waals surface area contributed by atoms with E-state index in [1.807, 2.05) is 13.0 Å². The molecule has 1 aromatic heterocycles. The molecule has 1 aliphatic rings. The lowest BCUT2D eigenvalue weighted by Crippen LogP contribution is -2.44. The van der Waals surface area contributed by atoms with Crippen LogP contribution in [0.25, 0.3) is 0 Å². The molecule has 0 spiro atoms. The minimum absolute atomic E-state index is 0.336. The highest BCUT2D eigenvalue weighted by Gasteiger charge is 2.21. The van der Waals surface area contributed by atoms with Gasteiger partial charge in [-0.25, -0.2) is 9.78 Å². The Morgan fingerprint density at radius 2 is 2.22 bits per heavy atom. The Kier molecular flexibility index (Phi) is 3.91. The van der Waals surface area contributed by atoms with Crippen molar-refractivity contribution in [2.45, 2.75) is 25.8 Å². The molecule has 2 rings (SSSR count). The zero-order valence-electron chi connectivity index (χ0n) is 10.3. The Morgan fingerprint density at radius 1 is 1.56 bits per heavy atom. The second-order valence-corrected chi connectivity index (χ2v) is 4.93. The Balaban J connectivity index is 1.91. The van der Waals surface area contributed by atoms with Gasteiger partial charge >= 0.3 is 6.03 Å². The molecule has 6 heteroatoms. The number of halogens is 1. The van der Waals surface area contributed by atoms with Crippen molar-refractivity contribution in [3.05, 3.63) is 23.0 Å². The monoisotopic (exact) mass is 268 g/mol. The first kappa shape index (κ1) is 13.0. The van der Waals surface area contributed by atoms with Crippen molar-refractivity contribution >= 4 is 23.3 Å². The number of rotatable bonds is 2. The number of aryl methyl sites for hydroxylation is 1. The third-order valence-corrected chi connectivity index (χ3v) is 3.59. The van der Waals surface area contributed by atoms with Crippen molar-refractivity contribution in [1.29, 1.82) is 0 Å². The summed E-state index contributed by atoms with van der Waals surface area (Å²) in [5, 5.41) is 3.94. The highest BCUT2D eigenvalue weighted by atomic mass is 35.5. The van der Waals surface area contributed by atoms with Gasteiger partial charge in [0.2, 0.25) is 0 Å². The molecule has 18 heavy (non-hydrogen) atoms. The highest BCUT2D eigenvalue weighted by molar-refractivity contribution is 6.30. The predicted octanol–water partition coefficient (Wildman–Crippen LogP) is 2.00. The number of hydrogen-bond acceptors (Lipinski definition) is 3. The Bertz CT molecular complexity index is 444. The molecule has 0 bridgehead atoms. The summed E-state index contributed by atoms with van der Waals surface area (Å²) in [5.41, 5.74) is 7.17. The van der Waals surface area contributed by atoms with Crippen LogP contribution in [0.2, 0.25) is 5.15 Å². The van der Waals surface area contributed by atoms with Gasteiger partial charge in [-0.2, -0.15) is 0 Å². The number of amides is 2. The third-order valence-electron chi connectivity index (χ3n) is 3.19. The number of anilines is 1. The molecule has 5 nitrogen and oxygen atoms in total. The van der Waals surface area contributed by atoms with Crippen molar-refractivity contribution in [3.8, 4) is 0 Å². The second kappa shape index (κ2) is 5.44. The van der Waals surface area contributed by atoms with Gasteiger partial charge in [-0.1, -0.05) is 11.6 Å². The van der Waals surface area contributed by atoms with E-state index in [9.17, 15) is 4.79 Å². The SMILES string of the molecule is Cc1cc(NC2CCN(C(N)=O)CC2)cnc1Cl. The number of urea groups is 1. The molecule has 1 aliphatic heterocycles. The van der Waals surface area contributed by atoms with Crippen LogP contribution >= 0.6 is 11.6 Å². The van der Waals surface area contributed by atoms with Crippen molar-refractivity contribution in [2.75, 3.05) is 18.4 Å². The van der Waals surface area contributed by atoms with E-state index in [4.69, 9.17) is 17.3 Å². The van der Waals surface area contributed by atoms with E-state index in [1.54, 1.807) is 11.1 Å². The summed E-state index contributed by atoms with van der Waals surface area (Å²) in [4.78, 5) is 16.8. The molecule has 2 amide bonds. The maximum Gasteiger partial charge on any atom is 0.314 e. The summed E-state index contributed by atoms with van der Waals surface area (Å²) in [6, 6.07) is 2.00. The zero-order chi connectivity index (χ0) is 13.1. The number of nitrogens with two attached hydrogens (primary N) is 1. The van der Waals surface area contributed by atoms with Crippen molar-refractivity contribution in [2.24, 2.45) is 5.73 Å². The number of primary amides is 1. The lowest BCUT2D eigenvalue weighted by Gasteiger charge is -2.31. The molecule has 0 atom stereocenters. The molecule has 0 unspecified atom stereocenters. The molecule has 1 saturated heterocycles. The fourth-order valence-electron chi connectivity index (χ4n) is 2.12. The van der Waals surface area contributed by atoms with Crippen LogP contribution in [0.1, 0.15) is 18.4 Å². The largest absolute Gasteiger partial charge is 0.381 e. The van der Waals surface area contributed by atoms with E-state index < -0.39 is 0 Å². The summed E-state index contributed by atoms with van der Waals surface area (Å²) in [6.07, 6.45) is 3.52. The zero-order valence-corrected chi connectivity index (χ0v) is 11.1. The molecule has 0 aliphatic carbocycles. The van der Waals surface area contributed by atoms with Crippen LogP contribution in [0.3, 0.4) is 0 Å². The van der Waals surface area contributed by atoms with Crippen molar-refractivity contribution in [1.82, 2.24) is 9.88 Å². The van der Waals surface area contributed by atoms with Gasteiger partial charge in [-0.15, -0.1) is 0 Å². The molecule has 0 saturated carbocycles. The first-order chi connectivity index (χ1) is 8.56. The summed E-state index contributed by atoms with van der Waals surface area (Å²) < 4.78 is 0. The topological polar surface area (TPSA) is 71.2 Å². The third kappa shape index (κ3) is 3.04. The maximum absolute atomic E-state index is 11.0. The number of piperidine rings is 1. The average molecular weight is 269 g/mol. The predicted molar refractivity (Wildman–Crippen MR) is 71.8 cm³/mol. The number of likely N-dealkylation sites (tertiary alicyclic amines) is 1. The number of hydrogen-bond donors (Lipinski definition) is 2. The van der Waals surface area contributed by atoms with Gasteiger partial charge in [0.15, 0.2) is 0 Å². The van der Waals surface area contributed by atoms with Gasteiger partial charge in [0, 0.05) is 19.1 Å². The van der Waals surface area contributed by atoms with Gasteiger partial charge in [0.05, 0.1) is 11.9 Å². The molecule has 1 fully saturated rings. The van der Waals surface area contributed by atoms with Gasteiger partial charge in [-0.05, 0) is 31.4 Å². The summed E-state index contributed by atoms with van der Waals surface area (Å²) >= 11 is 5.88. The minimum Gasteiger partial charge on any atom is -0.381 e. The van der Waals surface area contributed by atoms with E-state index in [0.29, 0.717) is 24.3 Å². The Labute approximate surface area is 111 Å².